The smallest absolute Gasteiger partial charge is 0.321 e. The molecule has 0 aliphatic rings. The number of carbonyl (C=O) groups is 2. The second kappa shape index (κ2) is 7.30. The predicted octanol–water partition coefficient (Wildman–Crippen LogP) is 3.58. The SMILES string of the molecule is CC(C)(C)OC(=O)C(Cc1ccc(Cl)nc1)C(=O)OC(C)(C)C. The Morgan fingerprint density at radius 3 is 1.87 bits per heavy atom. The van der Waals surface area contributed by atoms with Gasteiger partial charge in [0.15, 0.2) is 5.92 Å². The largest absolute Gasteiger partial charge is 0.459 e. The molecule has 0 saturated carbocycles. The number of rotatable bonds is 4. The topological polar surface area (TPSA) is 65.5 Å². The summed E-state index contributed by atoms with van der Waals surface area (Å²) in [4.78, 5) is 28.7. The van der Waals surface area contributed by atoms with Crippen LogP contribution in [0.5, 0.6) is 0 Å². The van der Waals surface area contributed by atoms with Gasteiger partial charge in [-0.2, -0.15) is 0 Å². The number of esters is 2. The summed E-state index contributed by atoms with van der Waals surface area (Å²) >= 11 is 5.75. The van der Waals surface area contributed by atoms with Crippen LogP contribution in [0.15, 0.2) is 18.3 Å². The summed E-state index contributed by atoms with van der Waals surface area (Å²) < 4.78 is 10.7. The van der Waals surface area contributed by atoms with E-state index >= 15 is 0 Å². The Hall–Kier alpha value is -1.62. The number of halogens is 1. The van der Waals surface area contributed by atoms with Crippen LogP contribution in [0.2, 0.25) is 5.15 Å². The lowest BCUT2D eigenvalue weighted by atomic mass is 10.00. The number of carbonyl (C=O) groups excluding carboxylic acids is 2. The van der Waals surface area contributed by atoms with E-state index in [1.807, 2.05) is 0 Å². The first kappa shape index (κ1) is 19.4. The Morgan fingerprint density at radius 2 is 1.52 bits per heavy atom. The molecule has 0 aliphatic heterocycles. The van der Waals surface area contributed by atoms with Crippen LogP contribution in [0.3, 0.4) is 0 Å². The summed E-state index contributed by atoms with van der Waals surface area (Å²) in [6.45, 7) is 10.5. The van der Waals surface area contributed by atoms with Gasteiger partial charge >= 0.3 is 11.9 Å². The van der Waals surface area contributed by atoms with Crippen LogP contribution in [0.1, 0.15) is 47.1 Å². The minimum atomic E-state index is -1.04. The maximum atomic E-state index is 12.4. The van der Waals surface area contributed by atoms with Crippen molar-refractivity contribution in [2.24, 2.45) is 5.92 Å². The fourth-order valence-electron chi connectivity index (χ4n) is 1.77. The van der Waals surface area contributed by atoms with E-state index in [0.717, 1.165) is 0 Å². The summed E-state index contributed by atoms with van der Waals surface area (Å²) in [6.07, 6.45) is 1.68. The molecule has 0 spiro atoms. The first-order valence-electron chi connectivity index (χ1n) is 7.43. The van der Waals surface area contributed by atoms with E-state index in [1.165, 1.54) is 6.20 Å². The third-order valence-corrected chi connectivity index (χ3v) is 2.83. The lowest BCUT2D eigenvalue weighted by Crippen LogP contribution is -2.38. The van der Waals surface area contributed by atoms with Crippen molar-refractivity contribution in [3.8, 4) is 0 Å². The van der Waals surface area contributed by atoms with Gasteiger partial charge in [0.1, 0.15) is 16.4 Å². The average molecular weight is 342 g/mol. The highest BCUT2D eigenvalue weighted by Gasteiger charge is 2.35. The highest BCUT2D eigenvalue weighted by Crippen LogP contribution is 2.20. The monoisotopic (exact) mass is 341 g/mol. The van der Waals surface area contributed by atoms with Crippen LogP contribution in [0.4, 0.5) is 0 Å². The Labute approximate surface area is 142 Å². The molecule has 0 bridgehead atoms. The van der Waals surface area contributed by atoms with E-state index in [-0.39, 0.29) is 6.42 Å². The number of ether oxygens (including phenoxy) is 2. The van der Waals surface area contributed by atoms with Crippen molar-refractivity contribution in [3.05, 3.63) is 29.0 Å². The highest BCUT2D eigenvalue weighted by molar-refractivity contribution is 6.29. The number of hydrogen-bond acceptors (Lipinski definition) is 5. The molecule has 0 aromatic carbocycles. The Bertz CT molecular complexity index is 527. The second-order valence-corrected chi connectivity index (χ2v) is 7.70. The average Bonchev–Trinajstić information content (AvgIpc) is 2.33. The number of pyridine rings is 1. The lowest BCUT2D eigenvalue weighted by Gasteiger charge is -2.26. The lowest BCUT2D eigenvalue weighted by molar-refractivity contribution is -0.174. The molecule has 0 N–H and O–H groups in total. The van der Waals surface area contributed by atoms with Crippen molar-refractivity contribution < 1.29 is 19.1 Å². The van der Waals surface area contributed by atoms with E-state index in [0.29, 0.717) is 10.7 Å². The Morgan fingerprint density at radius 1 is 1.04 bits per heavy atom. The van der Waals surface area contributed by atoms with E-state index in [9.17, 15) is 9.59 Å². The van der Waals surface area contributed by atoms with Gasteiger partial charge in [-0.05, 0) is 59.6 Å². The molecule has 1 aromatic rings. The minimum absolute atomic E-state index is 0.147. The van der Waals surface area contributed by atoms with Crippen molar-refractivity contribution >= 4 is 23.5 Å². The summed E-state index contributed by atoms with van der Waals surface area (Å²) in [5, 5.41) is 0.347. The molecule has 0 aliphatic carbocycles. The Balaban J connectivity index is 2.98. The normalized spacial score (nSPS) is 12.2. The van der Waals surface area contributed by atoms with E-state index in [1.54, 1.807) is 53.7 Å². The van der Waals surface area contributed by atoms with Crippen LogP contribution in [0.25, 0.3) is 0 Å². The molecule has 0 unspecified atom stereocenters. The summed E-state index contributed by atoms with van der Waals surface area (Å²) in [5.41, 5.74) is -0.665. The molecule has 128 valence electrons. The van der Waals surface area contributed by atoms with Crippen LogP contribution in [-0.4, -0.2) is 28.1 Å². The fraction of sp³-hybridized carbons (Fsp3) is 0.588. The van der Waals surface area contributed by atoms with Gasteiger partial charge in [0.05, 0.1) is 0 Å². The van der Waals surface area contributed by atoms with Crippen molar-refractivity contribution in [1.29, 1.82) is 0 Å². The van der Waals surface area contributed by atoms with Crippen LogP contribution < -0.4 is 0 Å². The maximum Gasteiger partial charge on any atom is 0.321 e. The molecule has 1 rings (SSSR count). The highest BCUT2D eigenvalue weighted by atomic mass is 35.5. The summed E-state index contributed by atoms with van der Waals surface area (Å²) in [5.74, 6) is -2.26. The maximum absolute atomic E-state index is 12.4. The molecule has 6 heteroatoms. The number of aromatic nitrogens is 1. The molecule has 0 saturated heterocycles. The van der Waals surface area contributed by atoms with Gasteiger partial charge in [-0.3, -0.25) is 9.59 Å². The zero-order valence-electron chi connectivity index (χ0n) is 14.5. The van der Waals surface area contributed by atoms with E-state index < -0.39 is 29.1 Å². The van der Waals surface area contributed by atoms with Crippen LogP contribution in [-0.2, 0) is 25.5 Å². The molecular weight excluding hydrogens is 318 g/mol. The molecule has 0 fully saturated rings. The second-order valence-electron chi connectivity index (χ2n) is 7.31. The van der Waals surface area contributed by atoms with Crippen molar-refractivity contribution in [2.45, 2.75) is 59.2 Å². The van der Waals surface area contributed by atoms with Crippen molar-refractivity contribution in [3.63, 3.8) is 0 Å². The van der Waals surface area contributed by atoms with Gasteiger partial charge in [0, 0.05) is 6.20 Å². The van der Waals surface area contributed by atoms with Gasteiger partial charge < -0.3 is 9.47 Å². The zero-order chi connectivity index (χ0) is 17.8. The molecular formula is C17H24ClNO4. The molecule has 0 amide bonds. The quantitative estimate of drug-likeness (QED) is 0.476. The first-order chi connectivity index (χ1) is 10.4. The fourth-order valence-corrected chi connectivity index (χ4v) is 1.88. The number of nitrogens with zero attached hydrogens (tertiary/aromatic N) is 1. The molecule has 5 nitrogen and oxygen atoms in total. The molecule has 1 aromatic heterocycles. The summed E-state index contributed by atoms with van der Waals surface area (Å²) in [6, 6.07) is 3.33. The van der Waals surface area contributed by atoms with Gasteiger partial charge in [0.2, 0.25) is 0 Å². The van der Waals surface area contributed by atoms with Gasteiger partial charge in [-0.25, -0.2) is 4.98 Å². The van der Waals surface area contributed by atoms with Crippen LogP contribution >= 0.6 is 11.6 Å². The van der Waals surface area contributed by atoms with Crippen molar-refractivity contribution in [2.75, 3.05) is 0 Å². The summed E-state index contributed by atoms with van der Waals surface area (Å²) in [7, 11) is 0. The molecule has 0 radical (unpaired) electrons. The third-order valence-electron chi connectivity index (χ3n) is 2.61. The molecule has 0 atom stereocenters. The van der Waals surface area contributed by atoms with Crippen molar-refractivity contribution in [1.82, 2.24) is 4.98 Å². The standard InChI is InChI=1S/C17H24ClNO4/c1-16(2,3)22-14(20)12(15(21)23-17(4,5)6)9-11-7-8-13(18)19-10-11/h7-8,10,12H,9H2,1-6H3. The predicted molar refractivity (Wildman–Crippen MR) is 88.1 cm³/mol. The molecule has 1 heterocycles. The van der Waals surface area contributed by atoms with Gasteiger partial charge in [0.25, 0.3) is 0 Å². The molecule has 23 heavy (non-hydrogen) atoms. The van der Waals surface area contributed by atoms with E-state index in [4.69, 9.17) is 21.1 Å². The third kappa shape index (κ3) is 7.46. The zero-order valence-corrected chi connectivity index (χ0v) is 15.2. The van der Waals surface area contributed by atoms with Gasteiger partial charge in [-0.15, -0.1) is 0 Å². The Kier molecular flexibility index (Phi) is 6.17. The van der Waals surface area contributed by atoms with Gasteiger partial charge in [-0.1, -0.05) is 17.7 Å². The van der Waals surface area contributed by atoms with E-state index in [2.05, 4.69) is 4.98 Å². The first-order valence-corrected chi connectivity index (χ1v) is 7.81. The van der Waals surface area contributed by atoms with Crippen LogP contribution in [0, 0.1) is 5.92 Å². The number of hydrogen-bond donors (Lipinski definition) is 0. The minimum Gasteiger partial charge on any atom is -0.459 e.